The number of nitrogens with one attached hydrogen (secondary N) is 2. The fourth-order valence-corrected chi connectivity index (χ4v) is 2.63. The molecule has 0 atom stereocenters. The van der Waals surface area contributed by atoms with Crippen molar-refractivity contribution < 1.29 is 0 Å². The Labute approximate surface area is 110 Å². The van der Waals surface area contributed by atoms with Crippen molar-refractivity contribution in [2.24, 2.45) is 0 Å². The van der Waals surface area contributed by atoms with Gasteiger partial charge in [-0.3, -0.25) is 0 Å². The first-order chi connectivity index (χ1) is 8.92. The third-order valence-electron chi connectivity index (χ3n) is 2.86. The van der Waals surface area contributed by atoms with Crippen molar-refractivity contribution in [3.8, 4) is 0 Å². The average molecular weight is 257 g/mol. The second-order valence-corrected chi connectivity index (χ2v) is 5.24. The molecule has 0 aliphatic rings. The first-order valence-electron chi connectivity index (χ1n) is 6.08. The molecule has 92 valence electrons. The van der Waals surface area contributed by atoms with Gasteiger partial charge in [0, 0.05) is 24.4 Å². The van der Waals surface area contributed by atoms with Gasteiger partial charge in [-0.2, -0.15) is 0 Å². The molecule has 18 heavy (non-hydrogen) atoms. The standard InChI is InChI=1S/C14H15N3S/c1-2-6-13-12(5-1)16-14(17-13)7-8-15-10-11-4-3-9-18-11/h1-6,9,15H,7-8,10H2,(H,16,17). The molecule has 0 spiro atoms. The number of H-pyrrole nitrogens is 1. The normalized spacial score (nSPS) is 11.1. The van der Waals surface area contributed by atoms with Crippen molar-refractivity contribution in [3.63, 3.8) is 0 Å². The van der Waals surface area contributed by atoms with Gasteiger partial charge in [-0.05, 0) is 23.6 Å². The van der Waals surface area contributed by atoms with Crippen molar-refractivity contribution in [2.75, 3.05) is 6.54 Å². The van der Waals surface area contributed by atoms with E-state index in [1.807, 2.05) is 18.2 Å². The minimum atomic E-state index is 0.931. The first-order valence-corrected chi connectivity index (χ1v) is 6.96. The molecule has 0 amide bonds. The molecule has 4 heteroatoms. The van der Waals surface area contributed by atoms with Crippen LogP contribution in [0.5, 0.6) is 0 Å². The lowest BCUT2D eigenvalue weighted by Gasteiger charge is -2.00. The summed E-state index contributed by atoms with van der Waals surface area (Å²) in [5.74, 6) is 1.05. The van der Waals surface area contributed by atoms with Crippen LogP contribution < -0.4 is 5.32 Å². The summed E-state index contributed by atoms with van der Waals surface area (Å²) in [6, 6.07) is 12.4. The third-order valence-corrected chi connectivity index (χ3v) is 3.73. The van der Waals surface area contributed by atoms with Crippen molar-refractivity contribution in [3.05, 3.63) is 52.5 Å². The van der Waals surface area contributed by atoms with Crippen LogP contribution in [0.25, 0.3) is 11.0 Å². The Morgan fingerprint density at radius 3 is 2.94 bits per heavy atom. The molecule has 0 aliphatic heterocycles. The van der Waals surface area contributed by atoms with Gasteiger partial charge in [0.2, 0.25) is 0 Å². The minimum absolute atomic E-state index is 0.931. The molecular formula is C14H15N3S. The first kappa shape index (κ1) is 11.4. The Morgan fingerprint density at radius 1 is 1.17 bits per heavy atom. The summed E-state index contributed by atoms with van der Waals surface area (Å²) in [4.78, 5) is 9.27. The van der Waals surface area contributed by atoms with E-state index >= 15 is 0 Å². The monoisotopic (exact) mass is 257 g/mol. The second-order valence-electron chi connectivity index (χ2n) is 4.21. The highest BCUT2D eigenvalue weighted by Gasteiger charge is 2.01. The summed E-state index contributed by atoms with van der Waals surface area (Å²) >= 11 is 1.79. The van der Waals surface area contributed by atoms with Crippen molar-refractivity contribution in [1.29, 1.82) is 0 Å². The van der Waals surface area contributed by atoms with Gasteiger partial charge < -0.3 is 10.3 Å². The molecule has 2 aromatic heterocycles. The minimum Gasteiger partial charge on any atom is -0.342 e. The summed E-state index contributed by atoms with van der Waals surface area (Å²) < 4.78 is 0. The van der Waals surface area contributed by atoms with Crippen LogP contribution in [0.15, 0.2) is 41.8 Å². The number of para-hydroxylation sites is 2. The zero-order valence-electron chi connectivity index (χ0n) is 10.0. The van der Waals surface area contributed by atoms with Crippen LogP contribution in [0.2, 0.25) is 0 Å². The van der Waals surface area contributed by atoms with Gasteiger partial charge >= 0.3 is 0 Å². The molecule has 3 rings (SSSR count). The fraction of sp³-hybridized carbons (Fsp3) is 0.214. The lowest BCUT2D eigenvalue weighted by atomic mass is 10.3. The molecule has 0 fully saturated rings. The van der Waals surface area contributed by atoms with Crippen LogP contribution in [0.4, 0.5) is 0 Å². The second kappa shape index (κ2) is 5.33. The molecule has 0 unspecified atom stereocenters. The lowest BCUT2D eigenvalue weighted by molar-refractivity contribution is 0.681. The smallest absolute Gasteiger partial charge is 0.108 e. The predicted molar refractivity (Wildman–Crippen MR) is 75.8 cm³/mol. The van der Waals surface area contributed by atoms with E-state index in [2.05, 4.69) is 38.9 Å². The molecule has 2 N–H and O–H groups in total. The molecule has 3 nitrogen and oxygen atoms in total. The number of thiophene rings is 1. The van der Waals surface area contributed by atoms with E-state index in [1.54, 1.807) is 11.3 Å². The van der Waals surface area contributed by atoms with E-state index in [1.165, 1.54) is 4.88 Å². The van der Waals surface area contributed by atoms with E-state index in [4.69, 9.17) is 0 Å². The molecule has 0 aliphatic carbocycles. The van der Waals surface area contributed by atoms with E-state index < -0.39 is 0 Å². The van der Waals surface area contributed by atoms with E-state index in [0.29, 0.717) is 0 Å². The van der Waals surface area contributed by atoms with Crippen LogP contribution in [-0.4, -0.2) is 16.5 Å². The number of aromatic amines is 1. The number of rotatable bonds is 5. The third kappa shape index (κ3) is 2.60. The fourth-order valence-electron chi connectivity index (χ4n) is 1.96. The predicted octanol–water partition coefficient (Wildman–Crippen LogP) is 2.96. The number of imidazole rings is 1. The summed E-state index contributed by atoms with van der Waals surface area (Å²) in [6.45, 7) is 1.88. The zero-order chi connectivity index (χ0) is 12.2. The van der Waals surface area contributed by atoms with E-state index in [9.17, 15) is 0 Å². The molecule has 0 bridgehead atoms. The molecule has 0 radical (unpaired) electrons. The number of aromatic nitrogens is 2. The molecule has 1 aromatic carbocycles. The van der Waals surface area contributed by atoms with Gasteiger partial charge in [0.05, 0.1) is 11.0 Å². The van der Waals surface area contributed by atoms with Crippen molar-refractivity contribution in [2.45, 2.75) is 13.0 Å². The summed E-state index contributed by atoms with van der Waals surface area (Å²) in [6.07, 6.45) is 0.931. The number of hydrogen-bond donors (Lipinski definition) is 2. The van der Waals surface area contributed by atoms with Crippen LogP contribution in [-0.2, 0) is 13.0 Å². The molecule has 0 saturated heterocycles. The Bertz CT molecular complexity index is 580. The largest absolute Gasteiger partial charge is 0.342 e. The van der Waals surface area contributed by atoms with Crippen LogP contribution in [0.3, 0.4) is 0 Å². The summed E-state index contributed by atoms with van der Waals surface area (Å²) in [5, 5.41) is 5.54. The number of nitrogens with zero attached hydrogens (tertiary/aromatic N) is 1. The van der Waals surface area contributed by atoms with Gasteiger partial charge in [0.15, 0.2) is 0 Å². The maximum atomic E-state index is 4.55. The van der Waals surface area contributed by atoms with Gasteiger partial charge in [-0.1, -0.05) is 18.2 Å². The SMILES string of the molecule is c1csc(CNCCc2nc3ccccc3[nH]2)c1. The summed E-state index contributed by atoms with van der Waals surface area (Å²) in [5.41, 5.74) is 2.16. The average Bonchev–Trinajstić information content (AvgIpc) is 3.03. The highest BCUT2D eigenvalue weighted by atomic mass is 32.1. The van der Waals surface area contributed by atoms with Crippen LogP contribution >= 0.6 is 11.3 Å². The molecule has 0 saturated carbocycles. The molecular weight excluding hydrogens is 242 g/mol. The maximum absolute atomic E-state index is 4.55. The Kier molecular flexibility index (Phi) is 3.39. The Hall–Kier alpha value is -1.65. The topological polar surface area (TPSA) is 40.7 Å². The van der Waals surface area contributed by atoms with E-state index in [-0.39, 0.29) is 0 Å². The van der Waals surface area contributed by atoms with E-state index in [0.717, 1.165) is 36.4 Å². The number of benzene rings is 1. The van der Waals surface area contributed by atoms with Crippen LogP contribution in [0.1, 0.15) is 10.7 Å². The highest BCUT2D eigenvalue weighted by molar-refractivity contribution is 7.09. The van der Waals surface area contributed by atoms with Crippen molar-refractivity contribution >= 4 is 22.4 Å². The van der Waals surface area contributed by atoms with Crippen molar-refractivity contribution in [1.82, 2.24) is 15.3 Å². The van der Waals surface area contributed by atoms with Gasteiger partial charge in [0.1, 0.15) is 5.82 Å². The Morgan fingerprint density at radius 2 is 2.11 bits per heavy atom. The quantitative estimate of drug-likeness (QED) is 0.690. The van der Waals surface area contributed by atoms with Crippen LogP contribution in [0, 0.1) is 0 Å². The molecule has 2 heterocycles. The van der Waals surface area contributed by atoms with Gasteiger partial charge in [-0.25, -0.2) is 4.98 Å². The Balaban J connectivity index is 1.53. The van der Waals surface area contributed by atoms with Gasteiger partial charge in [-0.15, -0.1) is 11.3 Å². The zero-order valence-corrected chi connectivity index (χ0v) is 10.8. The number of fused-ring (bicyclic) bond motifs is 1. The lowest BCUT2D eigenvalue weighted by Crippen LogP contribution is -2.16. The maximum Gasteiger partial charge on any atom is 0.108 e. The number of hydrogen-bond acceptors (Lipinski definition) is 3. The molecule has 3 aromatic rings. The summed E-state index contributed by atoms with van der Waals surface area (Å²) in [7, 11) is 0. The highest BCUT2D eigenvalue weighted by Crippen LogP contribution is 2.10. The van der Waals surface area contributed by atoms with Gasteiger partial charge in [0.25, 0.3) is 0 Å².